The molecule has 0 spiro atoms. The van der Waals surface area contributed by atoms with Crippen LogP contribution >= 0.6 is 0 Å². The molecule has 1 aromatic heterocycles. The van der Waals surface area contributed by atoms with E-state index in [4.69, 9.17) is 15.1 Å². The monoisotopic (exact) mass is 263 g/mol. The number of aliphatic hydroxyl groups is 1. The zero-order chi connectivity index (χ0) is 13.8. The number of rotatable bonds is 3. The molecule has 2 atom stereocenters. The van der Waals surface area contributed by atoms with Gasteiger partial charge in [0.2, 0.25) is 0 Å². The summed E-state index contributed by atoms with van der Waals surface area (Å²) in [5.41, 5.74) is -0.913. The highest BCUT2D eigenvalue weighted by molar-refractivity contribution is 5.49. The van der Waals surface area contributed by atoms with Gasteiger partial charge in [0.05, 0.1) is 24.3 Å². The van der Waals surface area contributed by atoms with Crippen LogP contribution in [-0.4, -0.2) is 27.4 Å². The molecule has 19 heavy (non-hydrogen) atoms. The molecule has 1 aliphatic rings. The van der Waals surface area contributed by atoms with E-state index in [1.807, 2.05) is 0 Å². The van der Waals surface area contributed by atoms with Crippen molar-refractivity contribution in [2.45, 2.75) is 25.2 Å². The van der Waals surface area contributed by atoms with Crippen molar-refractivity contribution < 1.29 is 9.84 Å². The summed E-state index contributed by atoms with van der Waals surface area (Å²) >= 11 is 0. The van der Waals surface area contributed by atoms with E-state index in [-0.39, 0.29) is 18.3 Å². The number of allylic oxidation sites excluding steroid dienone is 1. The van der Waals surface area contributed by atoms with E-state index in [0.29, 0.717) is 12.8 Å². The molecule has 1 saturated heterocycles. The molecule has 1 aromatic rings. The molecule has 2 rings (SSSR count). The Hall–Kier alpha value is -2.17. The highest BCUT2D eigenvalue weighted by Crippen LogP contribution is 2.26. The average molecular weight is 263 g/mol. The first-order chi connectivity index (χ1) is 9.15. The third kappa shape index (κ3) is 2.81. The molecular formula is C12H13N3O4. The van der Waals surface area contributed by atoms with Crippen molar-refractivity contribution in [3.8, 4) is 6.07 Å². The standard InChI is InChI=1S/C12H13N3O4/c13-5-1-2-8-6-15(12(18)14-11(8)17)10-4-3-9(7-16)19-10/h1-2,6,9-10,16H,3-4,7H2,(H,14,17,18)/t9-,10+/m0/s1. The number of nitrogens with one attached hydrogen (secondary N) is 1. The van der Waals surface area contributed by atoms with Gasteiger partial charge in [0.25, 0.3) is 5.56 Å². The second kappa shape index (κ2) is 5.65. The summed E-state index contributed by atoms with van der Waals surface area (Å²) in [7, 11) is 0. The lowest BCUT2D eigenvalue weighted by atomic mass is 10.2. The highest BCUT2D eigenvalue weighted by Gasteiger charge is 2.26. The molecule has 2 heterocycles. The summed E-state index contributed by atoms with van der Waals surface area (Å²) in [6, 6.07) is 1.78. The van der Waals surface area contributed by atoms with Gasteiger partial charge in [-0.25, -0.2) is 4.79 Å². The number of H-pyrrole nitrogens is 1. The van der Waals surface area contributed by atoms with Gasteiger partial charge < -0.3 is 9.84 Å². The quantitative estimate of drug-likeness (QED) is 0.730. The van der Waals surface area contributed by atoms with Crippen LogP contribution in [0.25, 0.3) is 6.08 Å². The van der Waals surface area contributed by atoms with E-state index in [9.17, 15) is 9.59 Å². The lowest BCUT2D eigenvalue weighted by Gasteiger charge is -2.14. The Balaban J connectivity index is 2.36. The third-order valence-electron chi connectivity index (χ3n) is 2.93. The van der Waals surface area contributed by atoms with Gasteiger partial charge in [0.15, 0.2) is 0 Å². The van der Waals surface area contributed by atoms with Crippen LogP contribution in [0.2, 0.25) is 0 Å². The first-order valence-corrected chi connectivity index (χ1v) is 5.83. The van der Waals surface area contributed by atoms with Gasteiger partial charge in [-0.15, -0.1) is 0 Å². The van der Waals surface area contributed by atoms with Crippen molar-refractivity contribution in [3.05, 3.63) is 38.7 Å². The van der Waals surface area contributed by atoms with Crippen LogP contribution in [0, 0.1) is 11.3 Å². The maximum atomic E-state index is 11.7. The average Bonchev–Trinajstić information content (AvgIpc) is 2.86. The predicted molar refractivity (Wildman–Crippen MR) is 66.2 cm³/mol. The summed E-state index contributed by atoms with van der Waals surface area (Å²) in [5.74, 6) is 0. The fourth-order valence-electron chi connectivity index (χ4n) is 1.99. The molecule has 2 N–H and O–H groups in total. The van der Waals surface area contributed by atoms with E-state index < -0.39 is 17.5 Å². The smallest absolute Gasteiger partial charge is 0.330 e. The van der Waals surface area contributed by atoms with Gasteiger partial charge in [0.1, 0.15) is 6.23 Å². The van der Waals surface area contributed by atoms with Crippen LogP contribution in [-0.2, 0) is 4.74 Å². The predicted octanol–water partition coefficient (Wildman–Crippen LogP) is -0.257. The molecule has 1 fully saturated rings. The first kappa shape index (κ1) is 13.3. The van der Waals surface area contributed by atoms with Crippen LogP contribution in [0.1, 0.15) is 24.6 Å². The van der Waals surface area contributed by atoms with Gasteiger partial charge in [0, 0.05) is 12.3 Å². The number of ether oxygens (including phenoxy) is 1. The minimum atomic E-state index is -0.567. The summed E-state index contributed by atoms with van der Waals surface area (Å²) in [6.07, 6.45) is 4.28. The lowest BCUT2D eigenvalue weighted by molar-refractivity contribution is -0.0246. The number of aromatic nitrogens is 2. The van der Waals surface area contributed by atoms with Gasteiger partial charge in [-0.05, 0) is 18.9 Å². The normalized spacial score (nSPS) is 22.7. The minimum Gasteiger partial charge on any atom is -0.394 e. The second-order valence-electron chi connectivity index (χ2n) is 4.19. The first-order valence-electron chi connectivity index (χ1n) is 5.83. The topological polar surface area (TPSA) is 108 Å². The van der Waals surface area contributed by atoms with Crippen molar-refractivity contribution in [3.63, 3.8) is 0 Å². The van der Waals surface area contributed by atoms with E-state index >= 15 is 0 Å². The molecule has 0 amide bonds. The summed E-state index contributed by atoms with van der Waals surface area (Å²) in [6.45, 7) is -0.101. The molecule has 100 valence electrons. The molecular weight excluding hydrogens is 250 g/mol. The maximum absolute atomic E-state index is 11.7. The van der Waals surface area contributed by atoms with Crippen molar-refractivity contribution in [2.75, 3.05) is 6.61 Å². The Kier molecular flexibility index (Phi) is 3.94. The van der Waals surface area contributed by atoms with Crippen LogP contribution in [0.5, 0.6) is 0 Å². The Morgan fingerprint density at radius 2 is 2.37 bits per heavy atom. The number of aliphatic hydroxyl groups excluding tert-OH is 1. The SMILES string of the molecule is N#CC=Cc1cn([C@H]2CC[C@@H](CO)O2)c(=O)[nH]c1=O. The van der Waals surface area contributed by atoms with Crippen LogP contribution < -0.4 is 11.2 Å². The molecule has 0 aromatic carbocycles. The van der Waals surface area contributed by atoms with Gasteiger partial charge in [-0.3, -0.25) is 14.3 Å². The molecule has 0 saturated carbocycles. The third-order valence-corrected chi connectivity index (χ3v) is 2.93. The molecule has 7 heteroatoms. The van der Waals surface area contributed by atoms with Gasteiger partial charge in [-0.2, -0.15) is 5.26 Å². The highest BCUT2D eigenvalue weighted by atomic mass is 16.5. The largest absolute Gasteiger partial charge is 0.394 e. The lowest BCUT2D eigenvalue weighted by Crippen LogP contribution is -2.33. The minimum absolute atomic E-state index is 0.101. The molecule has 0 aliphatic carbocycles. The van der Waals surface area contributed by atoms with Crippen LogP contribution in [0.4, 0.5) is 0 Å². The summed E-state index contributed by atoms with van der Waals surface area (Å²) in [4.78, 5) is 25.4. The Labute approximate surface area is 108 Å². The van der Waals surface area contributed by atoms with Crippen LogP contribution in [0.3, 0.4) is 0 Å². The van der Waals surface area contributed by atoms with E-state index in [0.717, 1.165) is 6.08 Å². The Bertz CT molecular complexity index is 638. The number of nitriles is 1. The fraction of sp³-hybridized carbons (Fsp3) is 0.417. The molecule has 0 bridgehead atoms. The van der Waals surface area contributed by atoms with E-state index in [1.165, 1.54) is 16.8 Å². The molecule has 0 radical (unpaired) electrons. The number of aromatic amines is 1. The zero-order valence-corrected chi connectivity index (χ0v) is 10.1. The number of hydrogen-bond donors (Lipinski definition) is 2. The number of hydrogen-bond acceptors (Lipinski definition) is 5. The van der Waals surface area contributed by atoms with Gasteiger partial charge >= 0.3 is 5.69 Å². The van der Waals surface area contributed by atoms with Crippen LogP contribution in [0.15, 0.2) is 21.9 Å². The van der Waals surface area contributed by atoms with Crippen molar-refractivity contribution in [1.29, 1.82) is 5.26 Å². The second-order valence-corrected chi connectivity index (χ2v) is 4.19. The maximum Gasteiger partial charge on any atom is 0.330 e. The van der Waals surface area contributed by atoms with Crippen molar-refractivity contribution in [1.82, 2.24) is 9.55 Å². The van der Waals surface area contributed by atoms with E-state index in [2.05, 4.69) is 4.98 Å². The zero-order valence-electron chi connectivity index (χ0n) is 10.1. The van der Waals surface area contributed by atoms with Gasteiger partial charge in [-0.1, -0.05) is 0 Å². The van der Waals surface area contributed by atoms with E-state index in [1.54, 1.807) is 6.07 Å². The fourth-order valence-corrected chi connectivity index (χ4v) is 1.99. The van der Waals surface area contributed by atoms with Crippen molar-refractivity contribution >= 4 is 6.08 Å². The summed E-state index contributed by atoms with van der Waals surface area (Å²) < 4.78 is 6.75. The molecule has 0 unspecified atom stereocenters. The Morgan fingerprint density at radius 1 is 1.58 bits per heavy atom. The summed E-state index contributed by atoms with van der Waals surface area (Å²) in [5, 5.41) is 17.4. The molecule has 1 aliphatic heterocycles. The molecule has 7 nitrogen and oxygen atoms in total. The number of nitrogens with zero attached hydrogens (tertiary/aromatic N) is 2. The van der Waals surface area contributed by atoms with Crippen molar-refractivity contribution in [2.24, 2.45) is 0 Å². The Morgan fingerprint density at radius 3 is 3.00 bits per heavy atom.